The number of carbonyl (C=O) groups is 1. The molecule has 2 aromatic rings. The number of carboxylic acids is 1. The number of aliphatic hydroxyl groups is 1. The molecule has 0 amide bonds. The molecule has 4 saturated carbocycles. The number of rotatable bonds is 11. The van der Waals surface area contributed by atoms with Crippen molar-refractivity contribution in [3.05, 3.63) is 45.8 Å². The summed E-state index contributed by atoms with van der Waals surface area (Å²) in [4.78, 5) is 21.3. The van der Waals surface area contributed by atoms with Gasteiger partial charge in [-0.05, 0) is 129 Å². The third-order valence-electron chi connectivity index (χ3n) is 13.6. The molecule has 0 bridgehead atoms. The molecular weight excluding hydrogens is 639 g/mol. The van der Waals surface area contributed by atoms with Crippen molar-refractivity contribution in [3.8, 4) is 0 Å². The van der Waals surface area contributed by atoms with Crippen LogP contribution in [0.4, 0.5) is 24.5 Å². The van der Waals surface area contributed by atoms with Gasteiger partial charge in [0, 0.05) is 30.9 Å². The van der Waals surface area contributed by atoms with Crippen molar-refractivity contribution in [3.63, 3.8) is 0 Å². The first-order chi connectivity index (χ1) is 23.1. The summed E-state index contributed by atoms with van der Waals surface area (Å²) in [7, 11) is 0. The minimum atomic E-state index is -4.83. The largest absolute Gasteiger partial charge is 0.481 e. The van der Waals surface area contributed by atoms with Crippen molar-refractivity contribution >= 4 is 17.3 Å². The predicted octanol–water partition coefficient (Wildman–Crippen LogP) is 7.92. The smallest absolute Gasteiger partial charge is 0.423 e. The second-order valence-electron chi connectivity index (χ2n) is 16.1. The molecule has 3 N–H and O–H groups in total. The van der Waals surface area contributed by atoms with Crippen LogP contribution in [0.1, 0.15) is 109 Å². The maximum atomic E-state index is 13.3. The van der Waals surface area contributed by atoms with Crippen LogP contribution >= 0.6 is 0 Å². The molecule has 4 aliphatic rings. The standard InChI is InChI=1S/C36H50F3N5O5/c1-21(6-11-32(46)47)26-8-9-27-33-28(13-15-35(26,27)3)34(2)14-12-25(17-22(34)18-31(33)45)43-20-24(41-42-43)5-4-16-40-23-7-10-30(44(48)49)29(19-23)36(37,38)39/h7,10,19-22,25-28,31,33,40,45H,4-6,8-9,11-18H2,1-3H3,(H,46,47)/t21-,22+,25-,26-,27+,28+,31-,33+,34+,35-/m1/s1. The van der Waals surface area contributed by atoms with Gasteiger partial charge in [-0.1, -0.05) is 26.0 Å². The number of alkyl halides is 3. The van der Waals surface area contributed by atoms with Gasteiger partial charge in [-0.3, -0.25) is 14.9 Å². The number of benzene rings is 1. The SMILES string of the molecule is C[C@H](CCC(=O)O)[C@H]1CC[C@H]2[C@@H]3[C@H](O)C[C@@H]4C[C@H](n5cc(CCCNc6ccc([N+](=O)[O-])c(C(F)(F)F)c6)nn5)CC[C@]4(C)[C@H]3CC[C@]12C. The molecule has 49 heavy (non-hydrogen) atoms. The maximum absolute atomic E-state index is 13.3. The lowest BCUT2D eigenvalue weighted by Crippen LogP contribution is -2.58. The summed E-state index contributed by atoms with van der Waals surface area (Å²) in [6, 6.07) is 3.13. The molecule has 10 nitrogen and oxygen atoms in total. The molecule has 0 spiro atoms. The molecule has 1 aromatic heterocycles. The summed E-state index contributed by atoms with van der Waals surface area (Å²) >= 11 is 0. The number of nitrogens with zero attached hydrogens (tertiary/aromatic N) is 4. The molecule has 4 aliphatic carbocycles. The average Bonchev–Trinajstić information content (AvgIpc) is 3.66. The number of hydrogen-bond acceptors (Lipinski definition) is 7. The molecule has 13 heteroatoms. The van der Waals surface area contributed by atoms with Crippen molar-refractivity contribution < 1.29 is 33.1 Å². The number of nitro groups is 1. The number of aromatic nitrogens is 3. The van der Waals surface area contributed by atoms with Crippen LogP contribution in [0, 0.1) is 56.5 Å². The van der Waals surface area contributed by atoms with Crippen LogP contribution in [0.3, 0.4) is 0 Å². The Morgan fingerprint density at radius 1 is 1.14 bits per heavy atom. The second kappa shape index (κ2) is 13.5. The number of halogens is 3. The average molecular weight is 690 g/mol. The summed E-state index contributed by atoms with van der Waals surface area (Å²) in [6.45, 7) is 7.49. The first kappa shape index (κ1) is 35.6. The Hall–Kier alpha value is -3.22. The maximum Gasteiger partial charge on any atom is 0.423 e. The van der Waals surface area contributed by atoms with E-state index in [1.807, 2.05) is 10.9 Å². The Kier molecular flexibility index (Phi) is 9.80. The Labute approximate surface area is 285 Å². The Bertz CT molecular complexity index is 1530. The number of nitrogens with one attached hydrogen (secondary N) is 1. The minimum absolute atomic E-state index is 0.154. The topological polar surface area (TPSA) is 143 Å². The van der Waals surface area contributed by atoms with Crippen LogP contribution in [0.5, 0.6) is 0 Å². The number of fused-ring (bicyclic) bond motifs is 5. The highest BCUT2D eigenvalue weighted by atomic mass is 19.4. The minimum Gasteiger partial charge on any atom is -0.481 e. The molecule has 0 saturated heterocycles. The Morgan fingerprint density at radius 3 is 2.59 bits per heavy atom. The molecule has 10 atom stereocenters. The summed E-state index contributed by atoms with van der Waals surface area (Å²) in [5, 5.41) is 43.8. The van der Waals surface area contributed by atoms with Gasteiger partial charge in [0.05, 0.1) is 22.8 Å². The van der Waals surface area contributed by atoms with E-state index in [4.69, 9.17) is 0 Å². The van der Waals surface area contributed by atoms with Crippen LogP contribution in [-0.4, -0.2) is 48.7 Å². The zero-order valence-electron chi connectivity index (χ0n) is 28.7. The van der Waals surface area contributed by atoms with Gasteiger partial charge in [0.1, 0.15) is 5.56 Å². The number of nitro benzene ring substituents is 1. The van der Waals surface area contributed by atoms with E-state index in [1.54, 1.807) is 0 Å². The monoisotopic (exact) mass is 689 g/mol. The van der Waals surface area contributed by atoms with E-state index in [9.17, 15) is 38.3 Å². The van der Waals surface area contributed by atoms with Crippen molar-refractivity contribution in [1.82, 2.24) is 15.0 Å². The summed E-state index contributed by atoms with van der Waals surface area (Å²) in [6.07, 6.45) is 7.26. The van der Waals surface area contributed by atoms with E-state index in [-0.39, 0.29) is 35.1 Å². The van der Waals surface area contributed by atoms with Crippen molar-refractivity contribution in [2.45, 2.75) is 116 Å². The molecule has 0 unspecified atom stereocenters. The van der Waals surface area contributed by atoms with E-state index >= 15 is 0 Å². The van der Waals surface area contributed by atoms with E-state index in [2.05, 4.69) is 36.4 Å². The lowest BCUT2D eigenvalue weighted by molar-refractivity contribution is -0.388. The molecule has 6 rings (SSSR count). The third kappa shape index (κ3) is 6.80. The Balaban J connectivity index is 1.04. The fourth-order valence-electron chi connectivity index (χ4n) is 11.1. The zero-order valence-corrected chi connectivity index (χ0v) is 28.7. The second-order valence-corrected chi connectivity index (χ2v) is 16.1. The van der Waals surface area contributed by atoms with Crippen LogP contribution in [0.25, 0.3) is 0 Å². The van der Waals surface area contributed by atoms with Gasteiger partial charge in [-0.15, -0.1) is 5.10 Å². The lowest BCUT2D eigenvalue weighted by Gasteiger charge is -2.62. The molecule has 0 aliphatic heterocycles. The van der Waals surface area contributed by atoms with Gasteiger partial charge >= 0.3 is 12.1 Å². The van der Waals surface area contributed by atoms with Gasteiger partial charge < -0.3 is 15.5 Å². The van der Waals surface area contributed by atoms with Crippen LogP contribution in [0.2, 0.25) is 0 Å². The lowest BCUT2D eigenvalue weighted by atomic mass is 9.43. The van der Waals surface area contributed by atoms with E-state index in [1.165, 1.54) is 6.07 Å². The predicted molar refractivity (Wildman–Crippen MR) is 177 cm³/mol. The van der Waals surface area contributed by atoms with Gasteiger partial charge in [0.15, 0.2) is 0 Å². The molecule has 4 fully saturated rings. The highest BCUT2D eigenvalue weighted by molar-refractivity contribution is 5.66. The third-order valence-corrected chi connectivity index (χ3v) is 13.6. The van der Waals surface area contributed by atoms with E-state index < -0.39 is 28.3 Å². The van der Waals surface area contributed by atoms with Gasteiger partial charge in [-0.2, -0.15) is 13.2 Å². The molecule has 270 valence electrons. The molecule has 1 heterocycles. The van der Waals surface area contributed by atoms with Crippen molar-refractivity contribution in [2.75, 3.05) is 11.9 Å². The first-order valence-electron chi connectivity index (χ1n) is 18.0. The number of aliphatic carboxylic acids is 1. The molecule has 0 radical (unpaired) electrons. The number of anilines is 1. The fourth-order valence-corrected chi connectivity index (χ4v) is 11.1. The normalized spacial score (nSPS) is 34.8. The molecule has 1 aromatic carbocycles. The quantitative estimate of drug-likeness (QED) is 0.123. The van der Waals surface area contributed by atoms with Crippen molar-refractivity contribution in [1.29, 1.82) is 0 Å². The van der Waals surface area contributed by atoms with Gasteiger partial charge in [0.2, 0.25) is 0 Å². The van der Waals surface area contributed by atoms with E-state index in [0.29, 0.717) is 54.9 Å². The molecular formula is C36H50F3N5O5. The number of hydrogen-bond donors (Lipinski definition) is 3. The first-order valence-corrected chi connectivity index (χ1v) is 18.0. The van der Waals surface area contributed by atoms with Crippen LogP contribution in [0.15, 0.2) is 24.4 Å². The zero-order chi connectivity index (χ0) is 35.3. The van der Waals surface area contributed by atoms with Gasteiger partial charge in [0.25, 0.3) is 5.69 Å². The summed E-state index contributed by atoms with van der Waals surface area (Å²) < 4.78 is 41.9. The van der Waals surface area contributed by atoms with Crippen molar-refractivity contribution in [2.24, 2.45) is 46.3 Å². The van der Waals surface area contributed by atoms with Crippen LogP contribution < -0.4 is 5.32 Å². The highest BCUT2D eigenvalue weighted by Crippen LogP contribution is 2.69. The van der Waals surface area contributed by atoms with E-state index in [0.717, 1.165) is 75.6 Å². The summed E-state index contributed by atoms with van der Waals surface area (Å²) in [5.74, 6) is 1.80. The van der Waals surface area contributed by atoms with Crippen LogP contribution in [-0.2, 0) is 17.4 Å². The van der Waals surface area contributed by atoms with Gasteiger partial charge in [-0.25, -0.2) is 4.68 Å². The Morgan fingerprint density at radius 2 is 1.88 bits per heavy atom. The number of aliphatic hydroxyl groups excluding tert-OH is 1. The highest BCUT2D eigenvalue weighted by Gasteiger charge is 2.63. The fraction of sp³-hybridized carbons (Fsp3) is 0.750. The summed E-state index contributed by atoms with van der Waals surface area (Å²) in [5.41, 5.74) is -0.953. The number of carboxylic acid groups (broad SMARTS) is 1. The number of aryl methyl sites for hydroxylation is 1.